The molecule has 0 unspecified atom stereocenters. The molecule has 0 aromatic carbocycles. The molecule has 3 heteroatoms. The zero-order valence-electron chi connectivity index (χ0n) is 8.90. The molecule has 0 amide bonds. The summed E-state index contributed by atoms with van der Waals surface area (Å²) in [6.07, 6.45) is 5.37. The number of aliphatic hydroxyl groups excluding tert-OH is 1. The van der Waals surface area contributed by atoms with Crippen LogP contribution in [0.5, 0.6) is 0 Å². The number of aliphatic hydroxyl groups is 1. The Morgan fingerprint density at radius 2 is 2.47 bits per heavy atom. The predicted octanol–water partition coefficient (Wildman–Crippen LogP) is 2.11. The maximum Gasteiger partial charge on any atom is 0.139 e. The van der Waals surface area contributed by atoms with E-state index in [-0.39, 0.29) is 18.3 Å². The Balaban J connectivity index is 2.29. The molecule has 1 fully saturated rings. The summed E-state index contributed by atoms with van der Waals surface area (Å²) in [5.41, 5.74) is 0.676. The van der Waals surface area contributed by atoms with Crippen molar-refractivity contribution in [3.8, 4) is 0 Å². The van der Waals surface area contributed by atoms with Gasteiger partial charge in [-0.2, -0.15) is 0 Å². The van der Waals surface area contributed by atoms with Gasteiger partial charge >= 0.3 is 0 Å². The second kappa shape index (κ2) is 3.81. The Morgan fingerprint density at radius 1 is 1.67 bits per heavy atom. The molecule has 3 nitrogen and oxygen atoms in total. The summed E-state index contributed by atoms with van der Waals surface area (Å²) >= 11 is 0. The molecule has 1 aliphatic rings. The van der Waals surface area contributed by atoms with Crippen LogP contribution in [0.4, 0.5) is 0 Å². The van der Waals surface area contributed by atoms with Crippen molar-refractivity contribution >= 4 is 5.78 Å². The minimum atomic E-state index is -0.404. The van der Waals surface area contributed by atoms with E-state index in [9.17, 15) is 4.79 Å². The highest BCUT2D eigenvalue weighted by molar-refractivity contribution is 5.88. The monoisotopic (exact) mass is 208 g/mol. The smallest absolute Gasteiger partial charge is 0.139 e. The van der Waals surface area contributed by atoms with Crippen molar-refractivity contribution in [2.45, 2.75) is 32.1 Å². The van der Waals surface area contributed by atoms with Gasteiger partial charge in [0, 0.05) is 18.4 Å². The highest BCUT2D eigenvalue weighted by Crippen LogP contribution is 2.48. The summed E-state index contributed by atoms with van der Waals surface area (Å²) in [6, 6.07) is 1.92. The summed E-state index contributed by atoms with van der Waals surface area (Å²) in [6.45, 7) is 2.02. The van der Waals surface area contributed by atoms with Crippen molar-refractivity contribution in [2.24, 2.45) is 5.41 Å². The predicted molar refractivity (Wildman–Crippen MR) is 55.5 cm³/mol. The van der Waals surface area contributed by atoms with Crippen LogP contribution in [0.2, 0.25) is 0 Å². The average Bonchev–Trinajstić information content (AvgIpc) is 2.78. The number of Topliss-reactive ketones (excluding diaryl/α,β-unsaturated/α-hetero) is 1. The van der Waals surface area contributed by atoms with Crippen LogP contribution in [0, 0.1) is 5.41 Å². The standard InChI is InChI=1S/C12H16O3/c1-12(5-6-13)10(2-3-11(12)14)9-4-7-15-8-9/h4,7-8,10,13H,2-3,5-6H2,1H3/t10-,12-/m1/s1. The van der Waals surface area contributed by atoms with Crippen LogP contribution in [-0.2, 0) is 4.79 Å². The summed E-state index contributed by atoms with van der Waals surface area (Å²) in [5.74, 6) is 0.471. The van der Waals surface area contributed by atoms with Crippen LogP contribution >= 0.6 is 0 Å². The Morgan fingerprint density at radius 3 is 3.07 bits per heavy atom. The van der Waals surface area contributed by atoms with Crippen LogP contribution in [0.25, 0.3) is 0 Å². The third-order valence-corrected chi connectivity index (χ3v) is 3.64. The van der Waals surface area contributed by atoms with E-state index in [0.29, 0.717) is 12.8 Å². The number of hydrogen-bond donors (Lipinski definition) is 1. The fourth-order valence-corrected chi connectivity index (χ4v) is 2.63. The molecule has 2 rings (SSSR count). The summed E-state index contributed by atoms with van der Waals surface area (Å²) in [7, 11) is 0. The third-order valence-electron chi connectivity index (χ3n) is 3.64. The molecule has 2 atom stereocenters. The number of rotatable bonds is 3. The minimum Gasteiger partial charge on any atom is -0.472 e. The Kier molecular flexibility index (Phi) is 2.65. The molecule has 0 spiro atoms. The summed E-state index contributed by atoms with van der Waals surface area (Å²) in [5, 5.41) is 9.05. The van der Waals surface area contributed by atoms with Crippen molar-refractivity contribution < 1.29 is 14.3 Å². The molecular weight excluding hydrogens is 192 g/mol. The van der Waals surface area contributed by atoms with Gasteiger partial charge in [-0.05, 0) is 30.4 Å². The number of furan rings is 1. The van der Waals surface area contributed by atoms with E-state index in [4.69, 9.17) is 9.52 Å². The van der Waals surface area contributed by atoms with E-state index in [1.165, 1.54) is 0 Å². The fraction of sp³-hybridized carbons (Fsp3) is 0.583. The molecule has 82 valence electrons. The normalized spacial score (nSPS) is 31.1. The molecule has 0 bridgehead atoms. The second-order valence-electron chi connectivity index (χ2n) is 4.46. The molecule has 0 saturated heterocycles. The molecule has 0 aliphatic heterocycles. The van der Waals surface area contributed by atoms with Gasteiger partial charge in [-0.15, -0.1) is 0 Å². The van der Waals surface area contributed by atoms with Crippen molar-refractivity contribution in [3.05, 3.63) is 24.2 Å². The van der Waals surface area contributed by atoms with Crippen LogP contribution in [0.15, 0.2) is 23.0 Å². The summed E-state index contributed by atoms with van der Waals surface area (Å²) < 4.78 is 5.06. The largest absolute Gasteiger partial charge is 0.472 e. The van der Waals surface area contributed by atoms with Crippen molar-refractivity contribution in [2.75, 3.05) is 6.61 Å². The second-order valence-corrected chi connectivity index (χ2v) is 4.46. The summed E-state index contributed by atoms with van der Waals surface area (Å²) in [4.78, 5) is 11.8. The van der Waals surface area contributed by atoms with Crippen LogP contribution < -0.4 is 0 Å². The number of carbonyl (C=O) groups is 1. The van der Waals surface area contributed by atoms with Gasteiger partial charge in [0.15, 0.2) is 0 Å². The third kappa shape index (κ3) is 1.61. The topological polar surface area (TPSA) is 50.4 Å². The van der Waals surface area contributed by atoms with E-state index in [1.807, 2.05) is 13.0 Å². The Labute approximate surface area is 89.1 Å². The highest BCUT2D eigenvalue weighted by atomic mass is 16.3. The maximum atomic E-state index is 11.8. The molecule has 1 aromatic rings. The average molecular weight is 208 g/mol. The first kappa shape index (κ1) is 10.4. The zero-order chi connectivity index (χ0) is 10.9. The lowest BCUT2D eigenvalue weighted by Gasteiger charge is -2.28. The van der Waals surface area contributed by atoms with E-state index in [2.05, 4.69) is 0 Å². The van der Waals surface area contributed by atoms with Crippen LogP contribution in [-0.4, -0.2) is 17.5 Å². The zero-order valence-corrected chi connectivity index (χ0v) is 8.90. The first-order valence-electron chi connectivity index (χ1n) is 5.35. The first-order valence-corrected chi connectivity index (χ1v) is 5.35. The van der Waals surface area contributed by atoms with E-state index in [1.54, 1.807) is 12.5 Å². The molecule has 0 radical (unpaired) electrons. The van der Waals surface area contributed by atoms with E-state index < -0.39 is 5.41 Å². The SMILES string of the molecule is C[C@]1(CCO)C(=O)CC[C@@H]1c1ccoc1. The van der Waals surface area contributed by atoms with Gasteiger partial charge in [-0.1, -0.05) is 6.92 Å². The molecule has 1 saturated carbocycles. The van der Waals surface area contributed by atoms with Crippen LogP contribution in [0.1, 0.15) is 37.7 Å². The Bertz CT molecular complexity index is 342. The highest BCUT2D eigenvalue weighted by Gasteiger charge is 2.46. The quantitative estimate of drug-likeness (QED) is 0.827. The van der Waals surface area contributed by atoms with Gasteiger partial charge in [0.05, 0.1) is 12.5 Å². The molecule has 1 aromatic heterocycles. The Hall–Kier alpha value is -1.09. The van der Waals surface area contributed by atoms with Crippen molar-refractivity contribution in [3.63, 3.8) is 0 Å². The fourth-order valence-electron chi connectivity index (χ4n) is 2.63. The number of ketones is 1. The number of hydrogen-bond acceptors (Lipinski definition) is 3. The minimum absolute atomic E-state index is 0.0661. The molecule has 1 heterocycles. The number of carbonyl (C=O) groups excluding carboxylic acids is 1. The lowest BCUT2D eigenvalue weighted by molar-refractivity contribution is -0.126. The lowest BCUT2D eigenvalue weighted by Crippen LogP contribution is -2.28. The van der Waals surface area contributed by atoms with Crippen LogP contribution in [0.3, 0.4) is 0 Å². The molecule has 15 heavy (non-hydrogen) atoms. The lowest BCUT2D eigenvalue weighted by atomic mass is 9.74. The molecular formula is C12H16O3. The van der Waals surface area contributed by atoms with E-state index >= 15 is 0 Å². The first-order chi connectivity index (χ1) is 7.18. The van der Waals surface area contributed by atoms with Crippen molar-refractivity contribution in [1.82, 2.24) is 0 Å². The maximum absolute atomic E-state index is 11.8. The van der Waals surface area contributed by atoms with Gasteiger partial charge in [0.1, 0.15) is 5.78 Å². The van der Waals surface area contributed by atoms with Crippen molar-refractivity contribution in [1.29, 1.82) is 0 Å². The van der Waals surface area contributed by atoms with Gasteiger partial charge in [0.25, 0.3) is 0 Å². The molecule has 1 aliphatic carbocycles. The van der Waals surface area contributed by atoms with Gasteiger partial charge in [-0.25, -0.2) is 0 Å². The molecule has 1 N–H and O–H groups in total. The van der Waals surface area contributed by atoms with E-state index in [0.717, 1.165) is 12.0 Å². The van der Waals surface area contributed by atoms with Gasteiger partial charge in [0.2, 0.25) is 0 Å². The van der Waals surface area contributed by atoms with Gasteiger partial charge in [-0.3, -0.25) is 4.79 Å². The van der Waals surface area contributed by atoms with Gasteiger partial charge < -0.3 is 9.52 Å².